The summed E-state index contributed by atoms with van der Waals surface area (Å²) in [6.45, 7) is 21.7. The van der Waals surface area contributed by atoms with Gasteiger partial charge < -0.3 is 13.3 Å². The molecule has 1 saturated carbocycles. The second-order valence-electron chi connectivity index (χ2n) is 13.5. The number of hydrogen-bond acceptors (Lipinski definition) is 5. The maximum Gasteiger partial charge on any atom is 0.292 e. The molecule has 5 nitrogen and oxygen atoms in total. The highest BCUT2D eigenvalue weighted by Gasteiger charge is 2.45. The Morgan fingerprint density at radius 2 is 1.41 bits per heavy atom. The number of carbonyl (C=O) groups is 2. The van der Waals surface area contributed by atoms with Gasteiger partial charge in [-0.25, -0.2) is 0 Å². The number of unbranched alkanes of at least 4 members (excludes halogenated alkanes) is 3. The van der Waals surface area contributed by atoms with Crippen LogP contribution in [0.2, 0.25) is 58.9 Å². The highest BCUT2D eigenvalue weighted by atomic mass is 28.4. The first-order valence-corrected chi connectivity index (χ1v) is 24.7. The van der Waals surface area contributed by atoms with Crippen molar-refractivity contribution in [1.82, 2.24) is 0 Å². The molecule has 8 heteroatoms. The Hall–Kier alpha value is -0.809. The summed E-state index contributed by atoms with van der Waals surface area (Å²) in [5.74, 6) is 0.585. The molecule has 37 heavy (non-hydrogen) atoms. The zero-order valence-electron chi connectivity index (χ0n) is 25.5. The van der Waals surface area contributed by atoms with Crippen molar-refractivity contribution in [2.24, 2.45) is 11.8 Å². The maximum absolute atomic E-state index is 12.6. The quantitative estimate of drug-likeness (QED) is 0.0765. The lowest BCUT2D eigenvalue weighted by atomic mass is 9.89. The van der Waals surface area contributed by atoms with Crippen LogP contribution in [0.15, 0.2) is 24.3 Å². The lowest BCUT2D eigenvalue weighted by Crippen LogP contribution is -2.34. The number of carbonyl (C=O) groups excluding carboxylic acids is 2. The third-order valence-corrected chi connectivity index (χ3v) is 9.01. The van der Waals surface area contributed by atoms with Gasteiger partial charge in [-0.1, -0.05) is 38.0 Å². The number of rotatable bonds is 17. The fourth-order valence-corrected chi connectivity index (χ4v) is 7.94. The van der Waals surface area contributed by atoms with Crippen molar-refractivity contribution in [3.05, 3.63) is 24.3 Å². The van der Waals surface area contributed by atoms with Crippen LogP contribution in [-0.4, -0.2) is 48.9 Å². The van der Waals surface area contributed by atoms with E-state index >= 15 is 0 Å². The summed E-state index contributed by atoms with van der Waals surface area (Å²) in [6, 6.07) is 0. The van der Waals surface area contributed by atoms with E-state index in [1.165, 1.54) is 0 Å². The minimum Gasteiger partial charge on any atom is -0.520 e. The van der Waals surface area contributed by atoms with Crippen LogP contribution in [0.5, 0.6) is 0 Å². The Morgan fingerprint density at radius 1 is 0.784 bits per heavy atom. The van der Waals surface area contributed by atoms with Gasteiger partial charge in [0.2, 0.25) is 8.32 Å². The Labute approximate surface area is 231 Å². The molecule has 0 aromatic rings. The normalized spacial score (nSPS) is 23.3. The van der Waals surface area contributed by atoms with E-state index in [-0.39, 0.29) is 35.8 Å². The van der Waals surface area contributed by atoms with E-state index in [0.29, 0.717) is 12.8 Å². The zero-order chi connectivity index (χ0) is 28.3. The van der Waals surface area contributed by atoms with Gasteiger partial charge in [0, 0.05) is 18.8 Å². The first-order chi connectivity index (χ1) is 17.0. The smallest absolute Gasteiger partial charge is 0.292 e. The van der Waals surface area contributed by atoms with Crippen molar-refractivity contribution in [2.75, 3.05) is 0 Å². The van der Waals surface area contributed by atoms with E-state index in [1.54, 1.807) is 0 Å². The summed E-state index contributed by atoms with van der Waals surface area (Å²) in [4.78, 5) is 24.6. The fraction of sp³-hybridized carbons (Fsp3) is 0.793. The van der Waals surface area contributed by atoms with Crippen molar-refractivity contribution in [1.29, 1.82) is 0 Å². The van der Waals surface area contributed by atoms with E-state index in [4.69, 9.17) is 13.3 Å². The van der Waals surface area contributed by atoms with Crippen molar-refractivity contribution < 1.29 is 22.9 Å². The Bertz CT molecular complexity index is 759. The predicted molar refractivity (Wildman–Crippen MR) is 163 cm³/mol. The molecule has 0 unspecified atom stereocenters. The molecular weight excluding hydrogens is 513 g/mol. The summed E-state index contributed by atoms with van der Waals surface area (Å²) >= 11 is 0. The van der Waals surface area contributed by atoms with E-state index in [2.05, 4.69) is 64.4 Å². The molecule has 0 bridgehead atoms. The highest BCUT2D eigenvalue weighted by Crippen LogP contribution is 2.42. The van der Waals surface area contributed by atoms with Crippen LogP contribution >= 0.6 is 0 Å². The maximum atomic E-state index is 12.6. The van der Waals surface area contributed by atoms with Crippen molar-refractivity contribution in [2.45, 2.75) is 136 Å². The van der Waals surface area contributed by atoms with Crippen LogP contribution in [-0.2, 0) is 22.9 Å². The molecule has 0 aliphatic heterocycles. The third-order valence-electron chi connectivity index (χ3n) is 6.15. The van der Waals surface area contributed by atoms with E-state index < -0.39 is 25.0 Å². The molecule has 0 radical (unpaired) electrons. The summed E-state index contributed by atoms with van der Waals surface area (Å²) in [5.41, 5.74) is 0. The van der Waals surface area contributed by atoms with E-state index in [9.17, 15) is 9.59 Å². The van der Waals surface area contributed by atoms with E-state index in [1.807, 2.05) is 25.7 Å². The molecule has 0 heterocycles. The van der Waals surface area contributed by atoms with Crippen LogP contribution < -0.4 is 0 Å². The molecule has 0 saturated heterocycles. The minimum atomic E-state index is -1.82. The predicted octanol–water partition coefficient (Wildman–Crippen LogP) is 8.26. The summed E-state index contributed by atoms with van der Waals surface area (Å²) in [6.07, 6.45) is 16.3. The Balaban J connectivity index is 2.94. The third kappa shape index (κ3) is 16.0. The zero-order valence-corrected chi connectivity index (χ0v) is 28.5. The number of hydrogen-bond donors (Lipinski definition) is 0. The summed E-state index contributed by atoms with van der Waals surface area (Å²) in [7, 11) is -5.33. The van der Waals surface area contributed by atoms with Crippen LogP contribution in [0.1, 0.15) is 64.7 Å². The Kier molecular flexibility index (Phi) is 14.5. The standard InChI is InChI=1S/C29H56O5Si3/c1-11-12-15-18-24(30)21-22-26-25(19-16-13-14-17-20-29(31)34-37(8,9)10)27(32-35(2,3)4)23-28(26)33-36(5,6)7/h13,16,21-22,25-28H,11-12,14-15,17-20,23H2,1-10H3/b16-13-,22-21+/t25-,26-,27+,28-/m1/s1. The van der Waals surface area contributed by atoms with Crippen LogP contribution in [0.25, 0.3) is 0 Å². The summed E-state index contributed by atoms with van der Waals surface area (Å²) < 4.78 is 18.9. The van der Waals surface area contributed by atoms with Gasteiger partial charge in [-0.3, -0.25) is 9.59 Å². The van der Waals surface area contributed by atoms with Crippen molar-refractivity contribution in [3.63, 3.8) is 0 Å². The molecule has 0 spiro atoms. The lowest BCUT2D eigenvalue weighted by Gasteiger charge is -2.29. The second kappa shape index (κ2) is 15.7. The molecule has 1 aliphatic rings. The first kappa shape index (κ1) is 34.2. The minimum absolute atomic E-state index is 0.0768. The molecule has 4 atom stereocenters. The van der Waals surface area contributed by atoms with Gasteiger partial charge in [-0.15, -0.1) is 0 Å². The molecule has 1 aliphatic carbocycles. The fourth-order valence-electron chi connectivity index (χ4n) is 4.81. The van der Waals surface area contributed by atoms with Crippen molar-refractivity contribution in [3.8, 4) is 0 Å². The summed E-state index contributed by atoms with van der Waals surface area (Å²) in [5, 5.41) is 0. The Morgan fingerprint density at radius 3 is 1.97 bits per heavy atom. The van der Waals surface area contributed by atoms with Crippen LogP contribution in [0.4, 0.5) is 0 Å². The molecule has 1 fully saturated rings. The van der Waals surface area contributed by atoms with Gasteiger partial charge in [0.1, 0.15) is 0 Å². The number of ketones is 1. The van der Waals surface area contributed by atoms with Crippen LogP contribution in [0, 0.1) is 11.8 Å². The molecule has 214 valence electrons. The van der Waals surface area contributed by atoms with Crippen LogP contribution in [0.3, 0.4) is 0 Å². The van der Waals surface area contributed by atoms with Gasteiger partial charge in [0.25, 0.3) is 5.97 Å². The average Bonchev–Trinajstić information content (AvgIpc) is 3.00. The molecule has 0 aromatic carbocycles. The highest BCUT2D eigenvalue weighted by molar-refractivity contribution is 6.71. The first-order valence-electron chi connectivity index (χ1n) is 14.4. The molecular formula is C29H56O5Si3. The average molecular weight is 569 g/mol. The second-order valence-corrected chi connectivity index (χ2v) is 26.8. The number of allylic oxidation sites excluding steroid dienone is 3. The molecule has 1 rings (SSSR count). The van der Waals surface area contributed by atoms with Crippen molar-refractivity contribution >= 4 is 36.7 Å². The van der Waals surface area contributed by atoms with Gasteiger partial charge in [-0.05, 0) is 103 Å². The lowest BCUT2D eigenvalue weighted by molar-refractivity contribution is -0.135. The van der Waals surface area contributed by atoms with Gasteiger partial charge in [0.15, 0.2) is 22.4 Å². The molecule has 0 N–H and O–H groups in total. The molecule has 0 amide bonds. The largest absolute Gasteiger partial charge is 0.520 e. The van der Waals surface area contributed by atoms with Gasteiger partial charge in [-0.2, -0.15) is 0 Å². The SMILES string of the molecule is CCCCCC(=O)/C=C/[C@@H]1[C@@H](C/C=C\CCCC(=O)O[Si](C)(C)C)[C@@H](O[Si](C)(C)C)C[C@H]1O[Si](C)(C)C. The van der Waals surface area contributed by atoms with E-state index in [0.717, 1.165) is 44.9 Å². The van der Waals surface area contributed by atoms with Gasteiger partial charge >= 0.3 is 0 Å². The monoisotopic (exact) mass is 568 g/mol. The molecule has 0 aromatic heterocycles. The van der Waals surface area contributed by atoms with Gasteiger partial charge in [0.05, 0.1) is 12.2 Å². The topological polar surface area (TPSA) is 61.8 Å².